The number of aromatic nitrogens is 3. The van der Waals surface area contributed by atoms with E-state index in [0.717, 1.165) is 27.3 Å². The number of benzene rings is 1. The second kappa shape index (κ2) is 9.12. The molecule has 0 unspecified atom stereocenters. The summed E-state index contributed by atoms with van der Waals surface area (Å²) in [5.74, 6) is 0.994. The second-order valence-electron chi connectivity index (χ2n) is 7.89. The molecule has 0 aliphatic rings. The van der Waals surface area contributed by atoms with E-state index in [0.29, 0.717) is 35.7 Å². The summed E-state index contributed by atoms with van der Waals surface area (Å²) in [6, 6.07) is 9.71. The van der Waals surface area contributed by atoms with Crippen LogP contribution in [0.4, 0.5) is 0 Å². The zero-order valence-corrected chi connectivity index (χ0v) is 19.6. The molecule has 32 heavy (non-hydrogen) atoms. The highest BCUT2D eigenvalue weighted by atomic mass is 32.1. The average Bonchev–Trinajstić information content (AvgIpc) is 3.11. The maximum atomic E-state index is 13.7. The SMILES string of the molecule is CCCOc1c[nH]c(Cn2c(CC)nc3sc(C)c(-c4ccc(C)cc4)c3c2=O)cc1=O. The first-order chi connectivity index (χ1) is 15.4. The molecule has 166 valence electrons. The van der Waals surface area contributed by atoms with Crippen molar-refractivity contribution in [1.29, 1.82) is 0 Å². The Bertz CT molecular complexity index is 1380. The number of fused-ring (bicyclic) bond motifs is 1. The minimum atomic E-state index is -0.195. The summed E-state index contributed by atoms with van der Waals surface area (Å²) in [6.45, 7) is 8.78. The maximum absolute atomic E-state index is 13.7. The van der Waals surface area contributed by atoms with Crippen LogP contribution < -0.4 is 15.7 Å². The number of H-pyrrole nitrogens is 1. The van der Waals surface area contributed by atoms with Gasteiger partial charge in [0.05, 0.1) is 18.5 Å². The third-order valence-electron chi connectivity index (χ3n) is 5.45. The van der Waals surface area contributed by atoms with E-state index in [1.165, 1.54) is 11.6 Å². The first-order valence-electron chi connectivity index (χ1n) is 10.9. The predicted molar refractivity (Wildman–Crippen MR) is 130 cm³/mol. The standard InChI is InChI=1S/C25H27N3O3S/c1-5-11-31-20-13-26-18(12-19(20)29)14-28-21(6-2)27-24-23(25(28)30)22(16(4)32-24)17-9-7-15(3)8-10-17/h7-10,12-13H,5-6,11,14H2,1-4H3,(H,26,29). The molecule has 0 spiro atoms. The fraction of sp³-hybridized carbons (Fsp3) is 0.320. The molecule has 4 rings (SSSR count). The fourth-order valence-electron chi connectivity index (χ4n) is 3.82. The van der Waals surface area contributed by atoms with E-state index >= 15 is 0 Å². The van der Waals surface area contributed by atoms with Gasteiger partial charge in [0.2, 0.25) is 5.43 Å². The molecule has 7 heteroatoms. The van der Waals surface area contributed by atoms with Gasteiger partial charge in [0.1, 0.15) is 10.7 Å². The predicted octanol–water partition coefficient (Wildman–Crippen LogP) is 4.83. The van der Waals surface area contributed by atoms with Gasteiger partial charge in [-0.25, -0.2) is 4.98 Å². The molecule has 0 aliphatic carbocycles. The van der Waals surface area contributed by atoms with Crippen LogP contribution >= 0.6 is 11.3 Å². The van der Waals surface area contributed by atoms with Crippen LogP contribution in [-0.4, -0.2) is 21.1 Å². The van der Waals surface area contributed by atoms with Crippen LogP contribution in [-0.2, 0) is 13.0 Å². The molecular formula is C25H27N3O3S. The van der Waals surface area contributed by atoms with Crippen molar-refractivity contribution in [3.63, 3.8) is 0 Å². The van der Waals surface area contributed by atoms with Crippen molar-refractivity contribution in [1.82, 2.24) is 14.5 Å². The molecule has 0 saturated carbocycles. The van der Waals surface area contributed by atoms with Crippen LogP contribution in [0.1, 0.15) is 42.2 Å². The van der Waals surface area contributed by atoms with Gasteiger partial charge in [-0.15, -0.1) is 11.3 Å². The van der Waals surface area contributed by atoms with E-state index in [1.807, 2.05) is 39.8 Å². The summed E-state index contributed by atoms with van der Waals surface area (Å²) >= 11 is 1.55. The van der Waals surface area contributed by atoms with Gasteiger partial charge in [-0.05, 0) is 25.8 Å². The third kappa shape index (κ3) is 4.12. The number of aromatic amines is 1. The van der Waals surface area contributed by atoms with Crippen LogP contribution in [0.3, 0.4) is 0 Å². The van der Waals surface area contributed by atoms with Crippen LogP contribution in [0.5, 0.6) is 5.75 Å². The molecular weight excluding hydrogens is 422 g/mol. The number of hydrogen-bond acceptors (Lipinski definition) is 5. The van der Waals surface area contributed by atoms with Crippen molar-refractivity contribution >= 4 is 21.6 Å². The summed E-state index contributed by atoms with van der Waals surface area (Å²) in [5.41, 5.74) is 3.49. The lowest BCUT2D eigenvalue weighted by atomic mass is 10.0. The van der Waals surface area contributed by atoms with Gasteiger partial charge in [0, 0.05) is 34.8 Å². The minimum absolute atomic E-state index is 0.0843. The highest BCUT2D eigenvalue weighted by molar-refractivity contribution is 7.19. The van der Waals surface area contributed by atoms with Gasteiger partial charge < -0.3 is 9.72 Å². The molecule has 3 heterocycles. The van der Waals surface area contributed by atoms with Crippen LogP contribution in [0.2, 0.25) is 0 Å². The average molecular weight is 450 g/mol. The Morgan fingerprint density at radius 1 is 1.12 bits per heavy atom. The number of thiophene rings is 1. The van der Waals surface area contributed by atoms with Gasteiger partial charge >= 0.3 is 0 Å². The van der Waals surface area contributed by atoms with Gasteiger partial charge in [0.25, 0.3) is 5.56 Å². The molecule has 0 radical (unpaired) electrons. The molecule has 0 amide bonds. The Morgan fingerprint density at radius 3 is 2.53 bits per heavy atom. The van der Waals surface area contributed by atoms with Crippen LogP contribution in [0.25, 0.3) is 21.3 Å². The molecule has 3 aromatic heterocycles. The molecule has 0 fully saturated rings. The largest absolute Gasteiger partial charge is 0.488 e. The van der Waals surface area contributed by atoms with E-state index in [-0.39, 0.29) is 17.5 Å². The zero-order chi connectivity index (χ0) is 22.8. The summed E-state index contributed by atoms with van der Waals surface area (Å²) < 4.78 is 7.14. The maximum Gasteiger partial charge on any atom is 0.263 e. The van der Waals surface area contributed by atoms with Crippen LogP contribution in [0.15, 0.2) is 46.1 Å². The zero-order valence-electron chi connectivity index (χ0n) is 18.8. The monoisotopic (exact) mass is 449 g/mol. The smallest absolute Gasteiger partial charge is 0.263 e. The summed E-state index contributed by atoms with van der Waals surface area (Å²) in [4.78, 5) is 35.9. The lowest BCUT2D eigenvalue weighted by Gasteiger charge is -2.12. The van der Waals surface area contributed by atoms with Gasteiger partial charge in [0.15, 0.2) is 5.75 Å². The topological polar surface area (TPSA) is 77.0 Å². The van der Waals surface area contributed by atoms with E-state index in [1.54, 1.807) is 22.1 Å². The molecule has 1 aromatic carbocycles. The summed E-state index contributed by atoms with van der Waals surface area (Å²) in [5, 5.41) is 0.638. The summed E-state index contributed by atoms with van der Waals surface area (Å²) in [6.07, 6.45) is 3.01. The first kappa shape index (κ1) is 22.0. The van der Waals surface area contributed by atoms with Crippen molar-refractivity contribution in [3.05, 3.63) is 79.1 Å². The third-order valence-corrected chi connectivity index (χ3v) is 6.45. The lowest BCUT2D eigenvalue weighted by molar-refractivity contribution is 0.313. The van der Waals surface area contributed by atoms with E-state index in [9.17, 15) is 9.59 Å². The number of pyridine rings is 1. The molecule has 6 nitrogen and oxygen atoms in total. The van der Waals surface area contributed by atoms with Crippen molar-refractivity contribution < 1.29 is 4.74 Å². The number of nitrogens with zero attached hydrogens (tertiary/aromatic N) is 2. The number of nitrogens with one attached hydrogen (secondary N) is 1. The summed E-state index contributed by atoms with van der Waals surface area (Å²) in [7, 11) is 0. The Hall–Kier alpha value is -3.19. The fourth-order valence-corrected chi connectivity index (χ4v) is 4.88. The normalized spacial score (nSPS) is 11.2. The van der Waals surface area contributed by atoms with Crippen molar-refractivity contribution in [2.24, 2.45) is 0 Å². The quantitative estimate of drug-likeness (QED) is 0.438. The van der Waals surface area contributed by atoms with Gasteiger partial charge in [-0.1, -0.05) is 43.7 Å². The minimum Gasteiger partial charge on any atom is -0.488 e. The Balaban J connectivity index is 1.83. The van der Waals surface area contributed by atoms with Crippen molar-refractivity contribution in [3.8, 4) is 16.9 Å². The number of ether oxygens (including phenoxy) is 1. The molecule has 4 aromatic rings. The second-order valence-corrected chi connectivity index (χ2v) is 9.09. The molecule has 1 N–H and O–H groups in total. The van der Waals surface area contributed by atoms with E-state index in [2.05, 4.69) is 17.1 Å². The van der Waals surface area contributed by atoms with Gasteiger partial charge in [-0.2, -0.15) is 0 Å². The highest BCUT2D eigenvalue weighted by Crippen LogP contribution is 2.36. The van der Waals surface area contributed by atoms with Crippen molar-refractivity contribution in [2.45, 2.75) is 47.1 Å². The molecule has 0 saturated heterocycles. The lowest BCUT2D eigenvalue weighted by Crippen LogP contribution is -2.26. The molecule has 0 aliphatic heterocycles. The highest BCUT2D eigenvalue weighted by Gasteiger charge is 2.19. The first-order valence-corrected chi connectivity index (χ1v) is 11.7. The number of hydrogen-bond donors (Lipinski definition) is 1. The van der Waals surface area contributed by atoms with E-state index in [4.69, 9.17) is 9.72 Å². The number of rotatable bonds is 7. The molecule has 0 atom stereocenters. The van der Waals surface area contributed by atoms with E-state index < -0.39 is 0 Å². The van der Waals surface area contributed by atoms with Crippen LogP contribution in [0, 0.1) is 13.8 Å². The Morgan fingerprint density at radius 2 is 1.88 bits per heavy atom. The van der Waals surface area contributed by atoms with Crippen molar-refractivity contribution in [2.75, 3.05) is 6.61 Å². The Labute approximate surface area is 190 Å². The molecule has 0 bridgehead atoms. The number of aryl methyl sites for hydroxylation is 3. The van der Waals surface area contributed by atoms with Gasteiger partial charge in [-0.3, -0.25) is 14.2 Å². The Kier molecular flexibility index (Phi) is 6.28.